The molecular weight excluding hydrogens is 449 g/mol. The zero-order chi connectivity index (χ0) is 24.1. The van der Waals surface area contributed by atoms with E-state index in [2.05, 4.69) is 22.4 Å². The summed E-state index contributed by atoms with van der Waals surface area (Å²) in [6.07, 6.45) is 4.45. The zero-order valence-electron chi connectivity index (χ0n) is 19.8. The van der Waals surface area contributed by atoms with E-state index in [1.54, 1.807) is 12.1 Å². The smallest absolute Gasteiger partial charge is 0.233 e. The van der Waals surface area contributed by atoms with Gasteiger partial charge in [-0.25, -0.2) is 9.37 Å². The normalized spacial score (nSPS) is 12.4. The monoisotopic (exact) mass is 479 g/mol. The largest absolute Gasteiger partial charge is 0.355 e. The molecule has 178 valence electrons. The first-order valence-corrected chi connectivity index (χ1v) is 12.7. The maximum absolute atomic E-state index is 14.4. The number of thioether (sulfide) groups is 1. The highest BCUT2D eigenvalue weighted by atomic mass is 32.2. The minimum atomic E-state index is -0.350. The lowest BCUT2D eigenvalue weighted by molar-refractivity contribution is -0.120. The number of rotatable bonds is 10. The summed E-state index contributed by atoms with van der Waals surface area (Å²) in [5.74, 6) is -0.293. The van der Waals surface area contributed by atoms with Gasteiger partial charge in [-0.3, -0.25) is 4.79 Å². The van der Waals surface area contributed by atoms with Crippen LogP contribution in [0.25, 0.3) is 22.1 Å². The second-order valence-corrected chi connectivity index (χ2v) is 9.88. The van der Waals surface area contributed by atoms with Crippen LogP contribution in [0.1, 0.15) is 50.7 Å². The van der Waals surface area contributed by atoms with Crippen molar-refractivity contribution in [3.05, 3.63) is 59.4 Å². The molecule has 0 aliphatic heterocycles. The van der Waals surface area contributed by atoms with E-state index in [4.69, 9.17) is 4.98 Å². The summed E-state index contributed by atoms with van der Waals surface area (Å²) >= 11 is 1.28. The number of carbonyl (C=O) groups is 1. The van der Waals surface area contributed by atoms with E-state index in [-0.39, 0.29) is 17.0 Å². The second kappa shape index (κ2) is 11.0. The molecule has 0 bridgehead atoms. The molecule has 6 nitrogen and oxygen atoms in total. The lowest BCUT2D eigenvalue weighted by Crippen LogP contribution is -2.31. The fourth-order valence-electron chi connectivity index (χ4n) is 3.98. The number of hydrogen-bond acceptors (Lipinski definition) is 5. The molecule has 8 heteroatoms. The Hall–Kier alpha value is -3.00. The zero-order valence-corrected chi connectivity index (χ0v) is 20.7. The Morgan fingerprint density at radius 1 is 1.15 bits per heavy atom. The number of aromatic nitrogens is 4. The molecule has 2 aromatic carbocycles. The van der Waals surface area contributed by atoms with Gasteiger partial charge in [-0.1, -0.05) is 67.8 Å². The quantitative estimate of drug-likeness (QED) is 0.235. The van der Waals surface area contributed by atoms with Crippen molar-refractivity contribution < 1.29 is 9.18 Å². The van der Waals surface area contributed by atoms with E-state index in [9.17, 15) is 9.18 Å². The third-order valence-corrected chi connectivity index (χ3v) is 6.82. The van der Waals surface area contributed by atoms with Crippen molar-refractivity contribution in [2.24, 2.45) is 0 Å². The molecule has 34 heavy (non-hydrogen) atoms. The minimum absolute atomic E-state index is 0.0345. The predicted octanol–water partition coefficient (Wildman–Crippen LogP) is 5.65. The lowest BCUT2D eigenvalue weighted by Gasteiger charge is -2.11. The molecule has 0 aliphatic rings. The van der Waals surface area contributed by atoms with Crippen LogP contribution in [-0.2, 0) is 11.3 Å². The number of unbranched alkanes of at least 4 members (excludes halogenated alkanes) is 3. The Labute approximate surface area is 203 Å². The van der Waals surface area contributed by atoms with Gasteiger partial charge in [0.2, 0.25) is 11.1 Å². The topological polar surface area (TPSA) is 72.7 Å². The SMILES string of the molecule is CCCCCCNC(=O)C(C)Sc1nnc2c3cc(C)ccc3n(Cc3ccccc3F)c2n1. The highest BCUT2D eigenvalue weighted by Gasteiger charge is 2.20. The molecule has 1 N–H and O–H groups in total. The number of halogens is 1. The number of carbonyl (C=O) groups excluding carboxylic acids is 1. The van der Waals surface area contributed by atoms with Gasteiger partial charge in [0, 0.05) is 17.5 Å². The Morgan fingerprint density at radius 2 is 1.97 bits per heavy atom. The number of nitrogens with zero attached hydrogens (tertiary/aromatic N) is 4. The first-order chi connectivity index (χ1) is 16.5. The van der Waals surface area contributed by atoms with Crippen LogP contribution < -0.4 is 5.32 Å². The Kier molecular flexibility index (Phi) is 7.77. The van der Waals surface area contributed by atoms with Crippen molar-refractivity contribution in [2.45, 2.75) is 63.4 Å². The average Bonchev–Trinajstić information content (AvgIpc) is 3.12. The summed E-state index contributed by atoms with van der Waals surface area (Å²) in [6, 6.07) is 12.8. The highest BCUT2D eigenvalue weighted by molar-refractivity contribution is 8.00. The molecule has 0 radical (unpaired) electrons. The lowest BCUT2D eigenvalue weighted by atomic mass is 10.1. The third kappa shape index (κ3) is 5.38. The van der Waals surface area contributed by atoms with Gasteiger partial charge in [0.1, 0.15) is 11.3 Å². The maximum Gasteiger partial charge on any atom is 0.233 e. The van der Waals surface area contributed by atoms with Gasteiger partial charge in [-0.05, 0) is 38.5 Å². The molecule has 1 unspecified atom stereocenters. The number of amides is 1. The van der Waals surface area contributed by atoms with E-state index in [1.807, 2.05) is 42.7 Å². The van der Waals surface area contributed by atoms with Crippen LogP contribution in [0.2, 0.25) is 0 Å². The molecule has 0 saturated carbocycles. The number of fused-ring (bicyclic) bond motifs is 3. The van der Waals surface area contributed by atoms with Crippen LogP contribution in [0.15, 0.2) is 47.6 Å². The molecule has 0 saturated heterocycles. The first kappa shape index (κ1) is 24.1. The van der Waals surface area contributed by atoms with E-state index in [0.29, 0.717) is 35.0 Å². The summed E-state index contributed by atoms with van der Waals surface area (Å²) in [6.45, 7) is 7.04. The van der Waals surface area contributed by atoms with Gasteiger partial charge < -0.3 is 9.88 Å². The number of aryl methyl sites for hydroxylation is 1. The Morgan fingerprint density at radius 3 is 2.76 bits per heavy atom. The summed E-state index contributed by atoms with van der Waals surface area (Å²) in [4.78, 5) is 17.3. The molecule has 2 heterocycles. The van der Waals surface area contributed by atoms with E-state index in [0.717, 1.165) is 29.3 Å². The fraction of sp³-hybridized carbons (Fsp3) is 0.385. The summed E-state index contributed by atoms with van der Waals surface area (Å²) < 4.78 is 16.4. The van der Waals surface area contributed by atoms with Crippen molar-refractivity contribution in [1.29, 1.82) is 0 Å². The molecule has 4 rings (SSSR count). The van der Waals surface area contributed by atoms with Crippen molar-refractivity contribution in [2.75, 3.05) is 6.54 Å². The van der Waals surface area contributed by atoms with Gasteiger partial charge >= 0.3 is 0 Å². The van der Waals surface area contributed by atoms with Crippen molar-refractivity contribution in [1.82, 2.24) is 25.1 Å². The maximum atomic E-state index is 14.4. The number of hydrogen-bond donors (Lipinski definition) is 1. The average molecular weight is 480 g/mol. The summed E-state index contributed by atoms with van der Waals surface area (Å²) in [7, 11) is 0. The molecular formula is C26H30FN5OS. The number of benzene rings is 2. The molecule has 0 fully saturated rings. The molecule has 0 spiro atoms. The third-order valence-electron chi connectivity index (χ3n) is 5.87. The van der Waals surface area contributed by atoms with Gasteiger partial charge in [0.15, 0.2) is 5.65 Å². The molecule has 1 amide bonds. The van der Waals surface area contributed by atoms with Crippen LogP contribution in [0, 0.1) is 12.7 Å². The van der Waals surface area contributed by atoms with Crippen LogP contribution >= 0.6 is 11.8 Å². The molecule has 1 atom stereocenters. The second-order valence-electron chi connectivity index (χ2n) is 8.58. The van der Waals surface area contributed by atoms with Gasteiger partial charge in [0.25, 0.3) is 0 Å². The van der Waals surface area contributed by atoms with Gasteiger partial charge in [0.05, 0.1) is 17.3 Å². The van der Waals surface area contributed by atoms with Gasteiger partial charge in [-0.15, -0.1) is 10.2 Å². The first-order valence-electron chi connectivity index (χ1n) is 11.8. The van der Waals surface area contributed by atoms with Crippen molar-refractivity contribution >= 4 is 39.7 Å². The summed E-state index contributed by atoms with van der Waals surface area (Å²) in [5.41, 5.74) is 3.90. The number of nitrogens with one attached hydrogen (secondary N) is 1. The minimum Gasteiger partial charge on any atom is -0.355 e. The predicted molar refractivity (Wildman–Crippen MR) is 136 cm³/mol. The van der Waals surface area contributed by atoms with Crippen LogP contribution in [0.5, 0.6) is 0 Å². The fourth-order valence-corrected chi connectivity index (χ4v) is 4.71. The molecule has 2 aromatic heterocycles. The standard InChI is InChI=1S/C26H30FN5OS/c1-4-5-6-9-14-28-25(33)18(3)34-26-29-24-23(30-31-26)20-15-17(2)12-13-22(20)32(24)16-19-10-7-8-11-21(19)27/h7-8,10-13,15,18H,4-6,9,14,16H2,1-3H3,(H,28,33). The Bertz CT molecular complexity index is 1310. The van der Waals surface area contributed by atoms with E-state index >= 15 is 0 Å². The van der Waals surface area contributed by atoms with Crippen LogP contribution in [0.3, 0.4) is 0 Å². The highest BCUT2D eigenvalue weighted by Crippen LogP contribution is 2.30. The Balaban J connectivity index is 1.61. The van der Waals surface area contributed by atoms with Crippen molar-refractivity contribution in [3.63, 3.8) is 0 Å². The van der Waals surface area contributed by atoms with E-state index in [1.165, 1.54) is 30.7 Å². The molecule has 4 aromatic rings. The summed E-state index contributed by atoms with van der Waals surface area (Å²) in [5, 5.41) is 12.8. The van der Waals surface area contributed by atoms with Gasteiger partial charge in [-0.2, -0.15) is 0 Å². The van der Waals surface area contributed by atoms with E-state index < -0.39 is 0 Å². The van der Waals surface area contributed by atoms with Crippen molar-refractivity contribution in [3.8, 4) is 0 Å². The van der Waals surface area contributed by atoms with Crippen LogP contribution in [0.4, 0.5) is 4.39 Å². The van der Waals surface area contributed by atoms with Crippen LogP contribution in [-0.4, -0.2) is 37.5 Å². The molecule has 0 aliphatic carbocycles.